The van der Waals surface area contributed by atoms with Gasteiger partial charge in [0.05, 0.1) is 6.61 Å². The summed E-state index contributed by atoms with van der Waals surface area (Å²) in [5.41, 5.74) is 3.48. The summed E-state index contributed by atoms with van der Waals surface area (Å²) in [4.78, 5) is 27.1. The summed E-state index contributed by atoms with van der Waals surface area (Å²) >= 11 is 0. The van der Waals surface area contributed by atoms with Crippen LogP contribution < -0.4 is 0 Å². The van der Waals surface area contributed by atoms with Crippen molar-refractivity contribution in [1.29, 1.82) is 0 Å². The molecule has 0 bridgehead atoms. The van der Waals surface area contributed by atoms with E-state index in [4.69, 9.17) is 9.47 Å². The summed E-state index contributed by atoms with van der Waals surface area (Å²) in [6, 6.07) is 5.77. The predicted octanol–water partition coefficient (Wildman–Crippen LogP) is 5.36. The average molecular weight is 426 g/mol. The highest BCUT2D eigenvalue weighted by atomic mass is 16.5. The number of carbonyl (C=O) groups is 2. The van der Waals surface area contributed by atoms with Crippen molar-refractivity contribution in [3.05, 3.63) is 71.0 Å². The number of ketones is 1. The first-order valence-corrected chi connectivity index (χ1v) is 11.2. The number of allylic oxidation sites excluding steroid dienone is 3. The zero-order chi connectivity index (χ0) is 22.6. The molecule has 1 aliphatic rings. The zero-order valence-corrected chi connectivity index (χ0v) is 19.1. The second kappa shape index (κ2) is 12.9. The molecule has 0 aromatic heterocycles. The number of carbonyl (C=O) groups excluding carboxylic acids is 2. The van der Waals surface area contributed by atoms with Crippen LogP contribution in [0.15, 0.2) is 54.3 Å². The van der Waals surface area contributed by atoms with Gasteiger partial charge in [-0.2, -0.15) is 0 Å². The highest BCUT2D eigenvalue weighted by molar-refractivity contribution is 5.96. The molecular formula is C26H35NO4. The molecule has 31 heavy (non-hydrogen) atoms. The summed E-state index contributed by atoms with van der Waals surface area (Å²) in [5.74, 6) is 0.757. The predicted molar refractivity (Wildman–Crippen MR) is 124 cm³/mol. The molecule has 1 aliphatic heterocycles. The first-order chi connectivity index (χ1) is 15.0. The van der Waals surface area contributed by atoms with Crippen LogP contribution >= 0.6 is 0 Å². The number of ether oxygens (including phenoxy) is 2. The summed E-state index contributed by atoms with van der Waals surface area (Å²) in [6.45, 7) is 12.7. The molecule has 0 spiro atoms. The van der Waals surface area contributed by atoms with Crippen LogP contribution in [-0.2, 0) is 27.4 Å². The molecule has 0 N–H and O–H groups in total. The third-order valence-corrected chi connectivity index (χ3v) is 5.09. The Labute approximate surface area is 186 Å². The summed E-state index contributed by atoms with van der Waals surface area (Å²) < 4.78 is 11.0. The number of hydrogen-bond donors (Lipinski definition) is 0. The number of amides is 1. The minimum Gasteiger partial charge on any atom is -0.494 e. The maximum atomic E-state index is 12.9. The Bertz CT molecular complexity index is 838. The van der Waals surface area contributed by atoms with Gasteiger partial charge in [0.15, 0.2) is 5.78 Å². The van der Waals surface area contributed by atoms with Gasteiger partial charge in [-0.3, -0.25) is 9.59 Å². The van der Waals surface area contributed by atoms with Crippen LogP contribution in [-0.4, -0.2) is 36.4 Å². The summed E-state index contributed by atoms with van der Waals surface area (Å²) in [7, 11) is 0. The van der Waals surface area contributed by atoms with Gasteiger partial charge in [0.2, 0.25) is 5.91 Å². The Balaban J connectivity index is 1.96. The monoisotopic (exact) mass is 425 g/mol. The first kappa shape index (κ1) is 24.6. The number of hydrogen-bond acceptors (Lipinski definition) is 4. The zero-order valence-electron chi connectivity index (χ0n) is 19.1. The van der Waals surface area contributed by atoms with Crippen molar-refractivity contribution in [3.63, 3.8) is 0 Å². The van der Waals surface area contributed by atoms with E-state index < -0.39 is 0 Å². The van der Waals surface area contributed by atoms with Gasteiger partial charge in [-0.25, -0.2) is 0 Å². The van der Waals surface area contributed by atoms with E-state index in [0.29, 0.717) is 49.6 Å². The van der Waals surface area contributed by atoms with Gasteiger partial charge < -0.3 is 14.4 Å². The van der Waals surface area contributed by atoms with Crippen LogP contribution in [0.1, 0.15) is 67.9 Å². The SMILES string of the molecule is C=C/C(=C\C=C(/C)C(=O)N1Cc2ccc(C(=O)CCCOCCC)cc2C1)OCCC. The van der Waals surface area contributed by atoms with Crippen molar-refractivity contribution in [1.82, 2.24) is 4.90 Å². The summed E-state index contributed by atoms with van der Waals surface area (Å²) in [6.07, 6.45) is 8.30. The van der Waals surface area contributed by atoms with Crippen molar-refractivity contribution in [3.8, 4) is 0 Å². The second-order valence-corrected chi connectivity index (χ2v) is 7.76. The van der Waals surface area contributed by atoms with E-state index in [0.717, 1.165) is 37.0 Å². The minimum absolute atomic E-state index is 0.0210. The van der Waals surface area contributed by atoms with E-state index >= 15 is 0 Å². The quantitative estimate of drug-likeness (QED) is 0.140. The largest absolute Gasteiger partial charge is 0.494 e. The smallest absolute Gasteiger partial charge is 0.250 e. The lowest BCUT2D eigenvalue weighted by molar-refractivity contribution is -0.127. The van der Waals surface area contributed by atoms with Crippen LogP contribution in [0.4, 0.5) is 0 Å². The molecule has 0 radical (unpaired) electrons. The fraction of sp³-hybridized carbons (Fsp3) is 0.462. The van der Waals surface area contributed by atoms with E-state index in [1.807, 2.05) is 25.1 Å². The van der Waals surface area contributed by atoms with Crippen molar-refractivity contribution in [2.24, 2.45) is 0 Å². The first-order valence-electron chi connectivity index (χ1n) is 11.2. The molecule has 0 saturated carbocycles. The van der Waals surface area contributed by atoms with Gasteiger partial charge >= 0.3 is 0 Å². The van der Waals surface area contributed by atoms with Crippen LogP contribution in [0.25, 0.3) is 0 Å². The number of nitrogens with zero attached hydrogens (tertiary/aromatic N) is 1. The van der Waals surface area contributed by atoms with Crippen LogP contribution in [0.3, 0.4) is 0 Å². The molecule has 0 atom stereocenters. The molecule has 1 amide bonds. The third kappa shape index (κ3) is 7.51. The van der Waals surface area contributed by atoms with Crippen molar-refractivity contribution in [2.75, 3.05) is 19.8 Å². The molecule has 0 unspecified atom stereocenters. The second-order valence-electron chi connectivity index (χ2n) is 7.76. The molecule has 1 heterocycles. The van der Waals surface area contributed by atoms with E-state index in [2.05, 4.69) is 13.5 Å². The third-order valence-electron chi connectivity index (χ3n) is 5.09. The number of Topliss-reactive ketones (excluding diaryl/α,β-unsaturated/α-hetero) is 1. The number of benzene rings is 1. The molecule has 1 aromatic rings. The van der Waals surface area contributed by atoms with E-state index in [1.165, 1.54) is 0 Å². The Kier molecular flexibility index (Phi) is 10.2. The Morgan fingerprint density at radius 3 is 2.52 bits per heavy atom. The standard InChI is InChI=1S/C26H35NO4/c1-5-14-30-16-8-9-25(28)21-11-12-22-18-27(19-23(22)17-21)26(29)20(4)10-13-24(7-3)31-15-6-2/h7,10-13,17H,3,5-6,8-9,14-16,18-19H2,1-2,4H3/b20-10+,24-13+. The molecule has 0 fully saturated rings. The highest BCUT2D eigenvalue weighted by Gasteiger charge is 2.24. The number of rotatable bonds is 13. The number of fused-ring (bicyclic) bond motifs is 1. The Morgan fingerprint density at radius 2 is 1.81 bits per heavy atom. The fourth-order valence-electron chi connectivity index (χ4n) is 3.36. The van der Waals surface area contributed by atoms with Crippen LogP contribution in [0, 0.1) is 0 Å². The molecule has 0 saturated heterocycles. The van der Waals surface area contributed by atoms with E-state index in [9.17, 15) is 9.59 Å². The molecular weight excluding hydrogens is 390 g/mol. The van der Waals surface area contributed by atoms with Gasteiger partial charge in [-0.05, 0) is 55.5 Å². The molecule has 2 rings (SSSR count). The minimum atomic E-state index is -0.0210. The Morgan fingerprint density at radius 1 is 1.06 bits per heavy atom. The van der Waals surface area contributed by atoms with E-state index in [1.54, 1.807) is 30.1 Å². The highest BCUT2D eigenvalue weighted by Crippen LogP contribution is 2.26. The van der Waals surface area contributed by atoms with Gasteiger partial charge in [0.25, 0.3) is 0 Å². The van der Waals surface area contributed by atoms with Crippen LogP contribution in [0.5, 0.6) is 0 Å². The Hall–Kier alpha value is -2.66. The van der Waals surface area contributed by atoms with Crippen molar-refractivity contribution in [2.45, 2.75) is 59.5 Å². The molecule has 5 heteroatoms. The lowest BCUT2D eigenvalue weighted by Crippen LogP contribution is -2.25. The fourth-order valence-corrected chi connectivity index (χ4v) is 3.36. The summed E-state index contributed by atoms with van der Waals surface area (Å²) in [5, 5.41) is 0. The maximum absolute atomic E-state index is 12.9. The topological polar surface area (TPSA) is 55.8 Å². The molecule has 5 nitrogen and oxygen atoms in total. The molecule has 168 valence electrons. The normalized spacial score (nSPS) is 13.8. The van der Waals surface area contributed by atoms with E-state index in [-0.39, 0.29) is 11.7 Å². The average Bonchev–Trinajstić information content (AvgIpc) is 3.21. The maximum Gasteiger partial charge on any atom is 0.250 e. The lowest BCUT2D eigenvalue weighted by atomic mass is 10.0. The van der Waals surface area contributed by atoms with Crippen LogP contribution in [0.2, 0.25) is 0 Å². The van der Waals surface area contributed by atoms with Crippen molar-refractivity contribution >= 4 is 11.7 Å². The lowest BCUT2D eigenvalue weighted by Gasteiger charge is -2.15. The van der Waals surface area contributed by atoms with Crippen molar-refractivity contribution < 1.29 is 19.1 Å². The van der Waals surface area contributed by atoms with Gasteiger partial charge in [-0.15, -0.1) is 0 Å². The molecule has 0 aliphatic carbocycles. The molecule has 1 aromatic carbocycles. The van der Waals surface area contributed by atoms with Gasteiger partial charge in [-0.1, -0.05) is 38.6 Å². The van der Waals surface area contributed by atoms with Gasteiger partial charge in [0, 0.05) is 43.9 Å². The van der Waals surface area contributed by atoms with Gasteiger partial charge in [0.1, 0.15) is 5.76 Å².